The molecule has 0 atom stereocenters. The van der Waals surface area contributed by atoms with Crippen LogP contribution < -0.4 is 4.74 Å². The predicted molar refractivity (Wildman–Crippen MR) is 95.9 cm³/mol. The summed E-state index contributed by atoms with van der Waals surface area (Å²) >= 11 is 0. The lowest BCUT2D eigenvalue weighted by Gasteiger charge is -2.23. The number of benzene rings is 1. The van der Waals surface area contributed by atoms with Crippen molar-refractivity contribution < 1.29 is 4.74 Å². The zero-order valence-corrected chi connectivity index (χ0v) is 14.9. The lowest BCUT2D eigenvalue weighted by molar-refractivity contribution is 0.286. The molecule has 3 heteroatoms. The van der Waals surface area contributed by atoms with Gasteiger partial charge in [0.1, 0.15) is 5.75 Å². The van der Waals surface area contributed by atoms with Crippen LogP contribution in [0.1, 0.15) is 62.7 Å². The number of rotatable bonds is 2. The van der Waals surface area contributed by atoms with E-state index in [0.717, 1.165) is 23.7 Å². The van der Waals surface area contributed by atoms with Gasteiger partial charge in [-0.15, -0.1) is 0 Å². The number of ether oxygens (including phenoxy) is 1. The molecule has 122 valence electrons. The number of nitrogens with one attached hydrogen (secondary N) is 1. The molecular weight excluding hydrogens is 284 g/mol. The van der Waals surface area contributed by atoms with Gasteiger partial charge in [0.05, 0.1) is 12.3 Å². The summed E-state index contributed by atoms with van der Waals surface area (Å²) in [5.41, 5.74) is 5.92. The Kier molecular flexibility index (Phi) is 3.62. The van der Waals surface area contributed by atoms with Crippen molar-refractivity contribution in [2.75, 3.05) is 6.61 Å². The van der Waals surface area contributed by atoms with Gasteiger partial charge in [-0.3, -0.25) is 5.10 Å². The number of hydrogen-bond acceptors (Lipinski definition) is 2. The van der Waals surface area contributed by atoms with Crippen LogP contribution >= 0.6 is 0 Å². The molecule has 2 heterocycles. The molecule has 0 spiro atoms. The summed E-state index contributed by atoms with van der Waals surface area (Å²) in [6, 6.07) is 6.55. The molecule has 3 nitrogen and oxygen atoms in total. The zero-order chi connectivity index (χ0) is 16.8. The van der Waals surface area contributed by atoms with Gasteiger partial charge in [0.2, 0.25) is 0 Å². The smallest absolute Gasteiger partial charge is 0.126 e. The van der Waals surface area contributed by atoms with Gasteiger partial charge in [0.15, 0.2) is 0 Å². The van der Waals surface area contributed by atoms with Gasteiger partial charge in [-0.2, -0.15) is 5.10 Å². The Morgan fingerprint density at radius 3 is 2.52 bits per heavy atom. The molecule has 1 aliphatic rings. The fourth-order valence-electron chi connectivity index (χ4n) is 3.00. The molecular formula is C20H26N2O. The van der Waals surface area contributed by atoms with Crippen LogP contribution in [0.5, 0.6) is 5.75 Å². The number of nitrogens with zero attached hydrogens (tertiary/aromatic N) is 1. The minimum atomic E-state index is 0.0529. The number of aryl methyl sites for hydroxylation is 1. The van der Waals surface area contributed by atoms with E-state index in [0.29, 0.717) is 0 Å². The van der Waals surface area contributed by atoms with Crippen molar-refractivity contribution in [1.82, 2.24) is 10.2 Å². The van der Waals surface area contributed by atoms with Crippen LogP contribution in [0.15, 0.2) is 18.2 Å². The van der Waals surface area contributed by atoms with E-state index >= 15 is 0 Å². The first-order valence-corrected chi connectivity index (χ1v) is 8.19. The topological polar surface area (TPSA) is 37.9 Å². The van der Waals surface area contributed by atoms with E-state index in [1.165, 1.54) is 16.7 Å². The molecule has 1 aromatic heterocycles. The van der Waals surface area contributed by atoms with Gasteiger partial charge in [0, 0.05) is 22.2 Å². The van der Waals surface area contributed by atoms with Crippen LogP contribution in [-0.2, 0) is 10.8 Å². The van der Waals surface area contributed by atoms with Gasteiger partial charge in [-0.25, -0.2) is 0 Å². The van der Waals surface area contributed by atoms with Crippen molar-refractivity contribution in [2.45, 2.75) is 52.4 Å². The summed E-state index contributed by atoms with van der Waals surface area (Å²) in [5.74, 6) is 1.08. The molecule has 1 aromatic carbocycles. The summed E-state index contributed by atoms with van der Waals surface area (Å²) in [6.07, 6.45) is 4.19. The van der Waals surface area contributed by atoms with Crippen molar-refractivity contribution in [2.24, 2.45) is 0 Å². The lowest BCUT2D eigenvalue weighted by Crippen LogP contribution is -2.18. The van der Waals surface area contributed by atoms with Gasteiger partial charge >= 0.3 is 0 Å². The Morgan fingerprint density at radius 1 is 1.17 bits per heavy atom. The molecule has 0 fully saturated rings. The molecule has 1 aliphatic heterocycles. The normalized spacial score (nSPS) is 16.6. The maximum atomic E-state index is 6.05. The second-order valence-electron chi connectivity index (χ2n) is 8.18. The van der Waals surface area contributed by atoms with E-state index in [4.69, 9.17) is 4.74 Å². The molecule has 0 unspecified atom stereocenters. The van der Waals surface area contributed by atoms with E-state index in [-0.39, 0.29) is 10.8 Å². The summed E-state index contributed by atoms with van der Waals surface area (Å²) in [6.45, 7) is 14.0. The molecule has 0 amide bonds. The van der Waals surface area contributed by atoms with Crippen LogP contribution in [-0.4, -0.2) is 16.8 Å². The first-order valence-electron chi connectivity index (χ1n) is 8.19. The van der Waals surface area contributed by atoms with Gasteiger partial charge in [-0.1, -0.05) is 40.7 Å². The van der Waals surface area contributed by atoms with E-state index in [2.05, 4.69) is 69.1 Å². The van der Waals surface area contributed by atoms with Gasteiger partial charge in [0.25, 0.3) is 0 Å². The molecule has 0 saturated carbocycles. The van der Waals surface area contributed by atoms with Crippen molar-refractivity contribution in [3.8, 4) is 5.75 Å². The number of hydrogen-bond donors (Lipinski definition) is 1. The Hall–Kier alpha value is -2.03. The van der Waals surface area contributed by atoms with Crippen LogP contribution in [0.25, 0.3) is 12.2 Å². The highest BCUT2D eigenvalue weighted by molar-refractivity contribution is 5.71. The summed E-state index contributed by atoms with van der Waals surface area (Å²) in [4.78, 5) is 0. The number of aromatic amines is 1. The van der Waals surface area contributed by atoms with Gasteiger partial charge < -0.3 is 4.74 Å². The SMILES string of the molecule is Cc1cc(/C=C\c2cc(C(C)(C)C)c3c(c2)C(C)(C)CO3)n[nH]1. The second kappa shape index (κ2) is 5.26. The molecule has 3 rings (SSSR count). The molecule has 23 heavy (non-hydrogen) atoms. The van der Waals surface area contributed by atoms with Gasteiger partial charge in [-0.05, 0) is 42.2 Å². The first kappa shape index (κ1) is 15.9. The minimum Gasteiger partial charge on any atom is -0.492 e. The average Bonchev–Trinajstić information content (AvgIpc) is 2.99. The van der Waals surface area contributed by atoms with E-state index in [1.54, 1.807) is 0 Å². The molecule has 0 aliphatic carbocycles. The standard InChI is InChI=1S/C20H26N2O/c1-13-9-15(22-21-13)8-7-14-10-16(19(2,3)4)18-17(11-14)20(5,6)12-23-18/h7-11H,12H2,1-6H3,(H,21,22)/b8-7-. The number of aromatic nitrogens is 2. The van der Waals surface area contributed by atoms with Crippen molar-refractivity contribution >= 4 is 12.2 Å². The maximum absolute atomic E-state index is 6.05. The van der Waals surface area contributed by atoms with Crippen molar-refractivity contribution in [3.63, 3.8) is 0 Å². The Balaban J connectivity index is 2.07. The third-order valence-corrected chi connectivity index (χ3v) is 4.40. The number of fused-ring (bicyclic) bond motifs is 1. The highest BCUT2D eigenvalue weighted by Gasteiger charge is 2.36. The molecule has 0 saturated heterocycles. The monoisotopic (exact) mass is 310 g/mol. The Labute approximate surface area is 138 Å². The van der Waals surface area contributed by atoms with E-state index in [9.17, 15) is 0 Å². The molecule has 2 aromatic rings. The fourth-order valence-corrected chi connectivity index (χ4v) is 3.00. The Morgan fingerprint density at radius 2 is 1.91 bits per heavy atom. The van der Waals surface area contributed by atoms with Crippen LogP contribution in [0.2, 0.25) is 0 Å². The zero-order valence-electron chi connectivity index (χ0n) is 14.9. The molecule has 0 bridgehead atoms. The summed E-state index contributed by atoms with van der Waals surface area (Å²) in [5, 5.41) is 7.24. The largest absolute Gasteiger partial charge is 0.492 e. The van der Waals surface area contributed by atoms with Crippen LogP contribution in [0.4, 0.5) is 0 Å². The summed E-state index contributed by atoms with van der Waals surface area (Å²) in [7, 11) is 0. The number of H-pyrrole nitrogens is 1. The average molecular weight is 310 g/mol. The lowest BCUT2D eigenvalue weighted by atomic mass is 9.79. The van der Waals surface area contributed by atoms with Crippen LogP contribution in [0, 0.1) is 6.92 Å². The fraction of sp³-hybridized carbons (Fsp3) is 0.450. The quantitative estimate of drug-likeness (QED) is 0.860. The molecule has 1 N–H and O–H groups in total. The minimum absolute atomic E-state index is 0.0529. The van der Waals surface area contributed by atoms with Crippen molar-refractivity contribution in [3.05, 3.63) is 46.3 Å². The van der Waals surface area contributed by atoms with Crippen molar-refractivity contribution in [1.29, 1.82) is 0 Å². The predicted octanol–water partition coefficient (Wildman–Crippen LogP) is 4.86. The first-order chi connectivity index (χ1) is 10.7. The Bertz CT molecular complexity index is 760. The van der Waals surface area contributed by atoms with E-state index in [1.807, 2.05) is 13.0 Å². The van der Waals surface area contributed by atoms with E-state index < -0.39 is 0 Å². The summed E-state index contributed by atoms with van der Waals surface area (Å²) < 4.78 is 6.05. The second-order valence-corrected chi connectivity index (χ2v) is 8.18. The highest BCUT2D eigenvalue weighted by atomic mass is 16.5. The third kappa shape index (κ3) is 3.05. The third-order valence-electron chi connectivity index (χ3n) is 4.40. The maximum Gasteiger partial charge on any atom is 0.126 e. The highest BCUT2D eigenvalue weighted by Crippen LogP contribution is 2.45. The van der Waals surface area contributed by atoms with Crippen LogP contribution in [0.3, 0.4) is 0 Å². The molecule has 0 radical (unpaired) electrons.